The van der Waals surface area contributed by atoms with Crippen LogP contribution in [0.1, 0.15) is 39.2 Å². The zero-order valence-corrected chi connectivity index (χ0v) is 17.0. The molecule has 2 aromatic rings. The van der Waals surface area contributed by atoms with Gasteiger partial charge in [0, 0.05) is 6.54 Å². The first-order valence-electron chi connectivity index (χ1n) is 9.44. The van der Waals surface area contributed by atoms with Crippen molar-refractivity contribution in [3.63, 3.8) is 0 Å². The quantitative estimate of drug-likeness (QED) is 0.579. The number of para-hydroxylation sites is 1. The molecule has 4 nitrogen and oxygen atoms in total. The second-order valence-corrected chi connectivity index (χ2v) is 7.06. The maximum absolute atomic E-state index is 12.4. The molecule has 2 rings (SSSR count). The molecular weight excluding hydrogens is 362 g/mol. The molecule has 27 heavy (non-hydrogen) atoms. The molecule has 0 aliphatic rings. The van der Waals surface area contributed by atoms with Crippen LogP contribution in [-0.2, 0) is 11.2 Å². The largest absolute Gasteiger partial charge is 0.491 e. The van der Waals surface area contributed by atoms with Crippen molar-refractivity contribution in [1.29, 1.82) is 0 Å². The van der Waals surface area contributed by atoms with E-state index in [0.717, 1.165) is 18.6 Å². The van der Waals surface area contributed by atoms with Crippen molar-refractivity contribution in [3.05, 3.63) is 59.1 Å². The maximum atomic E-state index is 12.4. The minimum absolute atomic E-state index is 0.116. The van der Waals surface area contributed by atoms with Gasteiger partial charge in [-0.05, 0) is 62.9 Å². The molecule has 0 radical (unpaired) electrons. The van der Waals surface area contributed by atoms with Gasteiger partial charge < -0.3 is 14.8 Å². The van der Waals surface area contributed by atoms with Crippen LogP contribution in [0, 0.1) is 0 Å². The van der Waals surface area contributed by atoms with Gasteiger partial charge in [0.05, 0.1) is 11.1 Å². The Bertz CT molecular complexity index is 733. The van der Waals surface area contributed by atoms with Crippen molar-refractivity contribution in [2.45, 2.75) is 52.2 Å². The molecule has 0 saturated heterocycles. The van der Waals surface area contributed by atoms with Gasteiger partial charge in [-0.2, -0.15) is 0 Å². The summed E-state index contributed by atoms with van der Waals surface area (Å²) >= 11 is 6.10. The van der Waals surface area contributed by atoms with Crippen LogP contribution in [0.5, 0.6) is 11.5 Å². The molecule has 0 aliphatic carbocycles. The number of hydrogen-bond donors (Lipinski definition) is 1. The molecular formula is C22H28ClNO3. The average Bonchev–Trinajstić information content (AvgIpc) is 2.64. The van der Waals surface area contributed by atoms with Crippen molar-refractivity contribution < 1.29 is 14.3 Å². The molecule has 146 valence electrons. The number of hydrogen-bond acceptors (Lipinski definition) is 3. The lowest BCUT2D eigenvalue weighted by Gasteiger charge is -2.18. The van der Waals surface area contributed by atoms with Crippen molar-refractivity contribution in [2.75, 3.05) is 6.54 Å². The van der Waals surface area contributed by atoms with Crippen LogP contribution in [0.3, 0.4) is 0 Å². The molecule has 0 aliphatic heterocycles. The summed E-state index contributed by atoms with van der Waals surface area (Å²) in [5.74, 6) is 1.29. The Kier molecular flexibility index (Phi) is 8.46. The number of halogens is 1. The highest BCUT2D eigenvalue weighted by atomic mass is 35.5. The zero-order chi connectivity index (χ0) is 19.6. The Morgan fingerprint density at radius 1 is 1.11 bits per heavy atom. The van der Waals surface area contributed by atoms with Crippen LogP contribution in [-0.4, -0.2) is 24.7 Å². The SMILES string of the molecule is CC[C@@H](Oc1ccccc1Cl)C(=O)NCCCc1cccc(OC(C)C)c1. The van der Waals surface area contributed by atoms with Crippen LogP contribution in [0.15, 0.2) is 48.5 Å². The summed E-state index contributed by atoms with van der Waals surface area (Å²) < 4.78 is 11.5. The van der Waals surface area contributed by atoms with E-state index in [1.165, 1.54) is 5.56 Å². The van der Waals surface area contributed by atoms with Crippen LogP contribution >= 0.6 is 11.6 Å². The lowest BCUT2D eigenvalue weighted by atomic mass is 10.1. The fourth-order valence-electron chi connectivity index (χ4n) is 2.68. The van der Waals surface area contributed by atoms with Gasteiger partial charge in [0.2, 0.25) is 0 Å². The topological polar surface area (TPSA) is 47.6 Å². The fraction of sp³-hybridized carbons (Fsp3) is 0.409. The van der Waals surface area contributed by atoms with Crippen molar-refractivity contribution in [1.82, 2.24) is 5.32 Å². The number of amides is 1. The van der Waals surface area contributed by atoms with Gasteiger partial charge >= 0.3 is 0 Å². The lowest BCUT2D eigenvalue weighted by Crippen LogP contribution is -2.38. The summed E-state index contributed by atoms with van der Waals surface area (Å²) in [5, 5.41) is 3.46. The molecule has 0 spiro atoms. The van der Waals surface area contributed by atoms with Gasteiger partial charge in [-0.15, -0.1) is 0 Å². The van der Waals surface area contributed by atoms with Gasteiger partial charge in [-0.1, -0.05) is 42.8 Å². The first kappa shape index (κ1) is 21.1. The van der Waals surface area contributed by atoms with E-state index in [0.29, 0.717) is 23.7 Å². The number of rotatable bonds is 10. The minimum atomic E-state index is -0.548. The number of aryl methyl sites for hydroxylation is 1. The molecule has 1 atom stereocenters. The fourth-order valence-corrected chi connectivity index (χ4v) is 2.86. The molecule has 0 bridgehead atoms. The van der Waals surface area contributed by atoms with Crippen molar-refractivity contribution in [3.8, 4) is 11.5 Å². The number of ether oxygens (including phenoxy) is 2. The number of nitrogens with one attached hydrogen (secondary N) is 1. The minimum Gasteiger partial charge on any atom is -0.491 e. The van der Waals surface area contributed by atoms with Gasteiger partial charge in [-0.3, -0.25) is 4.79 Å². The molecule has 0 saturated carbocycles. The highest BCUT2D eigenvalue weighted by molar-refractivity contribution is 6.32. The summed E-state index contributed by atoms with van der Waals surface area (Å²) in [6.45, 7) is 6.53. The summed E-state index contributed by atoms with van der Waals surface area (Å²) in [7, 11) is 0. The van der Waals surface area contributed by atoms with E-state index in [1.807, 2.05) is 45.0 Å². The van der Waals surface area contributed by atoms with Crippen LogP contribution in [0.25, 0.3) is 0 Å². The smallest absolute Gasteiger partial charge is 0.261 e. The average molecular weight is 390 g/mol. The molecule has 0 unspecified atom stereocenters. The Balaban J connectivity index is 1.78. The maximum Gasteiger partial charge on any atom is 0.261 e. The van der Waals surface area contributed by atoms with Gasteiger partial charge in [0.15, 0.2) is 6.10 Å². The Morgan fingerprint density at radius 3 is 2.59 bits per heavy atom. The third-order valence-electron chi connectivity index (χ3n) is 3.98. The highest BCUT2D eigenvalue weighted by Gasteiger charge is 2.18. The van der Waals surface area contributed by atoms with Crippen LogP contribution in [0.4, 0.5) is 0 Å². The standard InChI is InChI=1S/C22H28ClNO3/c1-4-20(27-21-13-6-5-12-19(21)23)22(25)24-14-8-10-17-9-7-11-18(15-17)26-16(2)3/h5-7,9,11-13,15-16,20H,4,8,10,14H2,1-3H3,(H,24,25)/t20-/m1/s1. The molecule has 0 heterocycles. The second kappa shape index (κ2) is 10.8. The second-order valence-electron chi connectivity index (χ2n) is 6.65. The zero-order valence-electron chi connectivity index (χ0n) is 16.2. The van der Waals surface area contributed by atoms with Crippen LogP contribution in [0.2, 0.25) is 5.02 Å². The monoisotopic (exact) mass is 389 g/mol. The van der Waals surface area contributed by atoms with E-state index >= 15 is 0 Å². The Hall–Kier alpha value is -2.20. The number of benzene rings is 2. The van der Waals surface area contributed by atoms with Gasteiger partial charge in [-0.25, -0.2) is 0 Å². The van der Waals surface area contributed by atoms with Gasteiger partial charge in [0.1, 0.15) is 11.5 Å². The molecule has 0 aromatic heterocycles. The van der Waals surface area contributed by atoms with E-state index in [9.17, 15) is 4.79 Å². The molecule has 1 amide bonds. The highest BCUT2D eigenvalue weighted by Crippen LogP contribution is 2.24. The lowest BCUT2D eigenvalue weighted by molar-refractivity contribution is -0.128. The Morgan fingerprint density at radius 2 is 1.89 bits per heavy atom. The normalized spacial score (nSPS) is 11.9. The van der Waals surface area contributed by atoms with E-state index in [2.05, 4.69) is 17.4 Å². The van der Waals surface area contributed by atoms with Gasteiger partial charge in [0.25, 0.3) is 5.91 Å². The first-order valence-corrected chi connectivity index (χ1v) is 9.82. The predicted octanol–water partition coefficient (Wildman–Crippen LogP) is 5.03. The summed E-state index contributed by atoms with van der Waals surface area (Å²) in [6, 6.07) is 15.3. The number of carbonyl (C=O) groups excluding carboxylic acids is 1. The molecule has 1 N–H and O–H groups in total. The third-order valence-corrected chi connectivity index (χ3v) is 4.29. The van der Waals surface area contributed by atoms with Crippen molar-refractivity contribution in [2.24, 2.45) is 0 Å². The van der Waals surface area contributed by atoms with E-state index in [-0.39, 0.29) is 12.0 Å². The van der Waals surface area contributed by atoms with Crippen LogP contribution < -0.4 is 14.8 Å². The summed E-state index contributed by atoms with van der Waals surface area (Å²) in [4.78, 5) is 12.4. The third kappa shape index (κ3) is 7.14. The number of carbonyl (C=O) groups is 1. The summed E-state index contributed by atoms with van der Waals surface area (Å²) in [6.07, 6.45) is 1.90. The molecule has 5 heteroatoms. The molecule has 2 aromatic carbocycles. The predicted molar refractivity (Wildman–Crippen MR) is 110 cm³/mol. The molecule has 0 fully saturated rings. The van der Waals surface area contributed by atoms with Crippen molar-refractivity contribution >= 4 is 17.5 Å². The van der Waals surface area contributed by atoms with E-state index in [1.54, 1.807) is 12.1 Å². The van der Waals surface area contributed by atoms with E-state index < -0.39 is 6.10 Å². The Labute approximate surface area is 166 Å². The summed E-state index contributed by atoms with van der Waals surface area (Å²) in [5.41, 5.74) is 1.20. The first-order chi connectivity index (χ1) is 13.0. The van der Waals surface area contributed by atoms with E-state index in [4.69, 9.17) is 21.1 Å².